The van der Waals surface area contributed by atoms with Crippen molar-refractivity contribution < 1.29 is 9.15 Å². The number of hydrogen-bond donors (Lipinski definition) is 1. The van der Waals surface area contributed by atoms with Crippen molar-refractivity contribution in [1.29, 1.82) is 0 Å². The predicted octanol–water partition coefficient (Wildman–Crippen LogP) is 3.93. The van der Waals surface area contributed by atoms with Gasteiger partial charge in [0.05, 0.1) is 12.3 Å². The van der Waals surface area contributed by atoms with Gasteiger partial charge in [-0.1, -0.05) is 6.07 Å². The van der Waals surface area contributed by atoms with Crippen LogP contribution in [0.2, 0.25) is 0 Å². The molecule has 1 aromatic heterocycles. The third kappa shape index (κ3) is 3.64. The van der Waals surface area contributed by atoms with E-state index in [0.29, 0.717) is 6.61 Å². The molecule has 0 saturated heterocycles. The summed E-state index contributed by atoms with van der Waals surface area (Å²) >= 11 is 0. The van der Waals surface area contributed by atoms with Crippen LogP contribution in [0.4, 0.5) is 0 Å². The van der Waals surface area contributed by atoms with Crippen LogP contribution in [-0.4, -0.2) is 13.2 Å². The van der Waals surface area contributed by atoms with Gasteiger partial charge in [-0.3, -0.25) is 0 Å². The number of nitrogens with one attached hydrogen (secondary N) is 1. The van der Waals surface area contributed by atoms with Crippen LogP contribution in [0.1, 0.15) is 35.4 Å². The Morgan fingerprint density at radius 1 is 1.25 bits per heavy atom. The molecule has 2 rings (SSSR count). The lowest BCUT2D eigenvalue weighted by atomic mass is 10.1. The van der Waals surface area contributed by atoms with E-state index in [2.05, 4.69) is 45.1 Å². The summed E-state index contributed by atoms with van der Waals surface area (Å²) in [6.07, 6.45) is 1.70. The van der Waals surface area contributed by atoms with E-state index < -0.39 is 0 Å². The summed E-state index contributed by atoms with van der Waals surface area (Å²) in [6.45, 7) is 9.83. The van der Waals surface area contributed by atoms with E-state index in [-0.39, 0.29) is 6.04 Å². The van der Waals surface area contributed by atoms with Gasteiger partial charge in [0.25, 0.3) is 0 Å². The summed E-state index contributed by atoms with van der Waals surface area (Å²) in [4.78, 5) is 0. The Balaban J connectivity index is 1.82. The van der Waals surface area contributed by atoms with Crippen molar-refractivity contribution >= 4 is 0 Å². The summed E-state index contributed by atoms with van der Waals surface area (Å²) in [6, 6.07) is 8.36. The molecule has 1 aromatic carbocycles. The minimum atomic E-state index is 0.203. The number of ether oxygens (including phenoxy) is 1. The maximum absolute atomic E-state index is 5.87. The molecule has 1 atom stereocenters. The van der Waals surface area contributed by atoms with Gasteiger partial charge in [-0.25, -0.2) is 0 Å². The van der Waals surface area contributed by atoms with Crippen molar-refractivity contribution in [2.45, 2.75) is 33.7 Å². The topological polar surface area (TPSA) is 34.4 Å². The number of benzene rings is 1. The molecule has 0 bridgehead atoms. The molecule has 20 heavy (non-hydrogen) atoms. The zero-order valence-corrected chi connectivity index (χ0v) is 12.7. The maximum atomic E-state index is 5.87. The summed E-state index contributed by atoms with van der Waals surface area (Å²) in [5.41, 5.74) is 3.73. The Labute approximate surface area is 121 Å². The molecule has 0 fully saturated rings. The Hall–Kier alpha value is -1.74. The molecule has 3 heteroatoms. The first kappa shape index (κ1) is 14.7. The van der Waals surface area contributed by atoms with Crippen molar-refractivity contribution in [3.05, 3.63) is 53.0 Å². The zero-order chi connectivity index (χ0) is 14.5. The summed E-state index contributed by atoms with van der Waals surface area (Å²) in [5.74, 6) is 1.93. The molecule has 0 radical (unpaired) electrons. The van der Waals surface area contributed by atoms with Gasteiger partial charge in [0, 0.05) is 6.54 Å². The van der Waals surface area contributed by atoms with Gasteiger partial charge in [0.1, 0.15) is 18.1 Å². The highest BCUT2D eigenvalue weighted by molar-refractivity contribution is 5.41. The van der Waals surface area contributed by atoms with Crippen LogP contribution in [0.3, 0.4) is 0 Å². The lowest BCUT2D eigenvalue weighted by Crippen LogP contribution is -2.24. The second-order valence-electron chi connectivity index (χ2n) is 5.24. The zero-order valence-electron chi connectivity index (χ0n) is 12.7. The Morgan fingerprint density at radius 2 is 2.05 bits per heavy atom. The fourth-order valence-electron chi connectivity index (χ4n) is 2.23. The minimum absolute atomic E-state index is 0.203. The van der Waals surface area contributed by atoms with E-state index in [4.69, 9.17) is 9.15 Å². The van der Waals surface area contributed by atoms with E-state index >= 15 is 0 Å². The van der Waals surface area contributed by atoms with E-state index in [0.717, 1.165) is 18.1 Å². The van der Waals surface area contributed by atoms with E-state index in [1.54, 1.807) is 6.26 Å². The molecular weight excluding hydrogens is 250 g/mol. The fraction of sp³-hybridized carbons (Fsp3) is 0.412. The molecule has 0 aliphatic carbocycles. The molecule has 1 unspecified atom stereocenters. The minimum Gasteiger partial charge on any atom is -0.492 e. The third-order valence-corrected chi connectivity index (χ3v) is 3.54. The van der Waals surface area contributed by atoms with Gasteiger partial charge >= 0.3 is 0 Å². The van der Waals surface area contributed by atoms with Crippen LogP contribution < -0.4 is 10.1 Å². The highest BCUT2D eigenvalue weighted by Crippen LogP contribution is 2.23. The SMILES string of the molecule is Cc1cc(C)c(C)c(OCCNC(C)c2ccco2)c1. The monoisotopic (exact) mass is 273 g/mol. The number of furan rings is 1. The first-order chi connectivity index (χ1) is 9.58. The highest BCUT2D eigenvalue weighted by Gasteiger charge is 2.07. The average molecular weight is 273 g/mol. The van der Waals surface area contributed by atoms with Gasteiger partial charge in [-0.2, -0.15) is 0 Å². The second-order valence-corrected chi connectivity index (χ2v) is 5.24. The van der Waals surface area contributed by atoms with Crippen molar-refractivity contribution in [2.24, 2.45) is 0 Å². The van der Waals surface area contributed by atoms with Crippen molar-refractivity contribution in [3.8, 4) is 5.75 Å². The average Bonchev–Trinajstić information content (AvgIpc) is 2.93. The third-order valence-electron chi connectivity index (χ3n) is 3.54. The van der Waals surface area contributed by atoms with Crippen molar-refractivity contribution in [2.75, 3.05) is 13.2 Å². The van der Waals surface area contributed by atoms with Crippen LogP contribution in [0, 0.1) is 20.8 Å². The molecule has 1 N–H and O–H groups in total. The van der Waals surface area contributed by atoms with Gasteiger partial charge < -0.3 is 14.5 Å². The normalized spacial score (nSPS) is 12.4. The van der Waals surface area contributed by atoms with Gasteiger partial charge in [0.15, 0.2) is 0 Å². The highest BCUT2D eigenvalue weighted by atomic mass is 16.5. The second kappa shape index (κ2) is 6.62. The molecular formula is C17H23NO2. The first-order valence-electron chi connectivity index (χ1n) is 7.05. The maximum Gasteiger partial charge on any atom is 0.122 e. The van der Waals surface area contributed by atoms with E-state index in [1.165, 1.54) is 16.7 Å². The van der Waals surface area contributed by atoms with E-state index in [1.807, 2.05) is 12.1 Å². The Bertz CT molecular complexity index is 546. The van der Waals surface area contributed by atoms with Gasteiger partial charge in [-0.05, 0) is 62.6 Å². The van der Waals surface area contributed by atoms with Gasteiger partial charge in [-0.15, -0.1) is 0 Å². The molecule has 0 amide bonds. The molecule has 0 aliphatic rings. The van der Waals surface area contributed by atoms with E-state index in [9.17, 15) is 0 Å². The van der Waals surface area contributed by atoms with Crippen LogP contribution in [0.25, 0.3) is 0 Å². The van der Waals surface area contributed by atoms with Crippen LogP contribution in [0.5, 0.6) is 5.75 Å². The summed E-state index contributed by atoms with van der Waals surface area (Å²) < 4.78 is 11.2. The fourth-order valence-corrected chi connectivity index (χ4v) is 2.23. The van der Waals surface area contributed by atoms with Crippen LogP contribution in [-0.2, 0) is 0 Å². The lowest BCUT2D eigenvalue weighted by molar-refractivity contribution is 0.300. The predicted molar refractivity (Wildman–Crippen MR) is 81.3 cm³/mol. The molecule has 0 spiro atoms. The quantitative estimate of drug-likeness (QED) is 0.810. The first-order valence-corrected chi connectivity index (χ1v) is 7.05. The molecule has 0 aliphatic heterocycles. The summed E-state index contributed by atoms with van der Waals surface area (Å²) in [7, 11) is 0. The standard InChI is InChI=1S/C17H23NO2/c1-12-10-13(2)14(3)17(11-12)20-9-7-18-15(4)16-6-5-8-19-16/h5-6,8,10-11,15,18H,7,9H2,1-4H3. The Morgan fingerprint density at radius 3 is 2.75 bits per heavy atom. The van der Waals surface area contributed by atoms with Gasteiger partial charge in [0.2, 0.25) is 0 Å². The molecule has 3 nitrogen and oxygen atoms in total. The number of rotatable bonds is 6. The molecule has 1 heterocycles. The lowest BCUT2D eigenvalue weighted by Gasteiger charge is -2.14. The van der Waals surface area contributed by atoms with Crippen molar-refractivity contribution in [1.82, 2.24) is 5.32 Å². The number of aryl methyl sites for hydroxylation is 2. The Kier molecular flexibility index (Phi) is 4.85. The van der Waals surface area contributed by atoms with Crippen LogP contribution >= 0.6 is 0 Å². The van der Waals surface area contributed by atoms with Crippen LogP contribution in [0.15, 0.2) is 34.9 Å². The summed E-state index contributed by atoms with van der Waals surface area (Å²) in [5, 5.41) is 3.39. The number of hydrogen-bond acceptors (Lipinski definition) is 3. The van der Waals surface area contributed by atoms with Crippen molar-refractivity contribution in [3.63, 3.8) is 0 Å². The molecule has 0 saturated carbocycles. The molecule has 108 valence electrons. The largest absolute Gasteiger partial charge is 0.492 e. The molecule has 2 aromatic rings. The smallest absolute Gasteiger partial charge is 0.122 e.